The molecule has 0 amide bonds. The minimum Gasteiger partial charge on any atom is -0.508 e. The smallest absolute Gasteiger partial charge is 0.120 e. The second kappa shape index (κ2) is 13.1. The second-order valence-electron chi connectivity index (χ2n) is 10.6. The summed E-state index contributed by atoms with van der Waals surface area (Å²) >= 11 is 0. The summed E-state index contributed by atoms with van der Waals surface area (Å²) in [4.78, 5) is 4.86. The van der Waals surface area contributed by atoms with Crippen LogP contribution in [0.1, 0.15) is 62.3 Å². The van der Waals surface area contributed by atoms with Gasteiger partial charge in [-0.3, -0.25) is 0 Å². The molecule has 1 aliphatic rings. The van der Waals surface area contributed by atoms with Crippen LogP contribution in [0.25, 0.3) is 0 Å². The molecule has 0 bridgehead atoms. The Hall–Kier alpha value is -3.18. The third-order valence-electron chi connectivity index (χ3n) is 7.88. The van der Waals surface area contributed by atoms with E-state index < -0.39 is 0 Å². The highest BCUT2D eigenvalue weighted by Gasteiger charge is 2.26. The third-order valence-corrected chi connectivity index (χ3v) is 7.88. The van der Waals surface area contributed by atoms with E-state index in [1.165, 1.54) is 27.9 Å². The molecule has 1 N–H and O–H groups in total. The normalized spacial score (nSPS) is 15.0. The average Bonchev–Trinajstić information content (AvgIpc) is 2.94. The number of ether oxygens (including phenoxy) is 2. The number of anilines is 1. The summed E-state index contributed by atoms with van der Waals surface area (Å²) in [6, 6.07) is 21.3. The van der Waals surface area contributed by atoms with Crippen LogP contribution in [0.5, 0.6) is 17.2 Å². The molecule has 0 saturated carbocycles. The van der Waals surface area contributed by atoms with Crippen molar-refractivity contribution in [2.45, 2.75) is 65.5 Å². The number of aryl methyl sites for hydroxylation is 1. The predicted octanol–water partition coefficient (Wildman–Crippen LogP) is 6.81. The van der Waals surface area contributed by atoms with E-state index in [0.29, 0.717) is 24.3 Å². The molecule has 5 nitrogen and oxygen atoms in total. The number of aromatic hydroxyl groups is 1. The molecule has 3 aromatic carbocycles. The Labute approximate surface area is 229 Å². The number of methoxy groups -OCH3 is 1. The lowest BCUT2D eigenvalue weighted by atomic mass is 9.79. The first-order valence-electron chi connectivity index (χ1n) is 14.1. The van der Waals surface area contributed by atoms with Crippen molar-refractivity contribution in [1.82, 2.24) is 4.90 Å². The van der Waals surface area contributed by atoms with E-state index in [9.17, 15) is 5.11 Å². The lowest BCUT2D eigenvalue weighted by Gasteiger charge is -2.35. The highest BCUT2D eigenvalue weighted by atomic mass is 16.5. The molecule has 4 rings (SSSR count). The fourth-order valence-corrected chi connectivity index (χ4v) is 5.52. The molecule has 204 valence electrons. The standard InChI is InChI=1S/C33H44N2O3/c1-6-34(7-2)18-19-38-30-14-8-25(9-15-30)23-35(24(3)4)33-22-31(37-5)16-17-32(33)28-11-10-27-21-29(36)13-12-26(27)20-28/h8-9,12-17,21-22,24,28,36H,6-7,10-11,18-20,23H2,1-5H3. The molecule has 1 unspecified atom stereocenters. The van der Waals surface area contributed by atoms with Crippen molar-refractivity contribution in [3.63, 3.8) is 0 Å². The number of fused-ring (bicyclic) bond motifs is 1. The predicted molar refractivity (Wildman–Crippen MR) is 157 cm³/mol. The molecule has 1 atom stereocenters. The summed E-state index contributed by atoms with van der Waals surface area (Å²) in [5, 5.41) is 9.92. The van der Waals surface area contributed by atoms with E-state index in [0.717, 1.165) is 56.9 Å². The average molecular weight is 517 g/mol. The monoisotopic (exact) mass is 516 g/mol. The number of benzene rings is 3. The maximum atomic E-state index is 9.92. The number of likely N-dealkylation sites (N-methyl/N-ethyl adjacent to an activating group) is 1. The molecule has 0 aliphatic heterocycles. The minimum absolute atomic E-state index is 0.318. The van der Waals surface area contributed by atoms with E-state index in [1.54, 1.807) is 7.11 Å². The topological polar surface area (TPSA) is 45.2 Å². The zero-order valence-corrected chi connectivity index (χ0v) is 23.7. The molecule has 0 heterocycles. The van der Waals surface area contributed by atoms with Gasteiger partial charge in [-0.2, -0.15) is 0 Å². The Balaban J connectivity index is 1.53. The van der Waals surface area contributed by atoms with Crippen LogP contribution in [-0.2, 0) is 19.4 Å². The van der Waals surface area contributed by atoms with E-state index in [-0.39, 0.29) is 0 Å². The molecule has 5 heteroatoms. The van der Waals surface area contributed by atoms with Crippen LogP contribution < -0.4 is 14.4 Å². The van der Waals surface area contributed by atoms with Gasteiger partial charge in [-0.15, -0.1) is 0 Å². The van der Waals surface area contributed by atoms with Gasteiger partial charge in [0.05, 0.1) is 7.11 Å². The Morgan fingerprint density at radius 3 is 2.34 bits per heavy atom. The van der Waals surface area contributed by atoms with Crippen molar-refractivity contribution < 1.29 is 14.6 Å². The van der Waals surface area contributed by atoms with E-state index in [4.69, 9.17) is 9.47 Å². The van der Waals surface area contributed by atoms with E-state index >= 15 is 0 Å². The van der Waals surface area contributed by atoms with Gasteiger partial charge in [0.25, 0.3) is 0 Å². The van der Waals surface area contributed by atoms with Crippen LogP contribution in [0.3, 0.4) is 0 Å². The van der Waals surface area contributed by atoms with Crippen LogP contribution in [0.15, 0.2) is 60.7 Å². The van der Waals surface area contributed by atoms with Gasteiger partial charge in [0, 0.05) is 30.9 Å². The summed E-state index contributed by atoms with van der Waals surface area (Å²) in [5.74, 6) is 2.59. The summed E-state index contributed by atoms with van der Waals surface area (Å²) in [6.07, 6.45) is 3.04. The van der Waals surface area contributed by atoms with Crippen LogP contribution in [0.4, 0.5) is 5.69 Å². The molecule has 0 saturated heterocycles. The lowest BCUT2D eigenvalue weighted by molar-refractivity contribution is 0.223. The minimum atomic E-state index is 0.318. The third kappa shape index (κ3) is 6.82. The SMILES string of the molecule is CCN(CC)CCOc1ccc(CN(c2cc(OC)ccc2C2CCc3cc(O)ccc3C2)C(C)C)cc1. The van der Waals surface area contributed by atoms with E-state index in [1.807, 2.05) is 12.1 Å². The zero-order valence-electron chi connectivity index (χ0n) is 23.7. The van der Waals surface area contributed by atoms with Crippen LogP contribution in [-0.4, -0.2) is 49.4 Å². The number of hydrogen-bond donors (Lipinski definition) is 1. The van der Waals surface area contributed by atoms with Gasteiger partial charge in [0.1, 0.15) is 23.9 Å². The fourth-order valence-electron chi connectivity index (χ4n) is 5.52. The second-order valence-corrected chi connectivity index (χ2v) is 10.6. The molecule has 0 fully saturated rings. The van der Waals surface area contributed by atoms with Gasteiger partial charge in [-0.25, -0.2) is 0 Å². The molecule has 0 aromatic heterocycles. The fraction of sp³-hybridized carbons (Fsp3) is 0.455. The molecule has 3 aromatic rings. The van der Waals surface area contributed by atoms with Crippen LogP contribution in [0.2, 0.25) is 0 Å². The van der Waals surface area contributed by atoms with Gasteiger partial charge >= 0.3 is 0 Å². The summed E-state index contributed by atoms with van der Waals surface area (Å²) in [6.45, 7) is 13.4. The molecule has 0 radical (unpaired) electrons. The molecule has 0 spiro atoms. The summed E-state index contributed by atoms with van der Waals surface area (Å²) < 4.78 is 11.7. The maximum Gasteiger partial charge on any atom is 0.120 e. The maximum absolute atomic E-state index is 9.92. The van der Waals surface area contributed by atoms with Crippen molar-refractivity contribution >= 4 is 5.69 Å². The van der Waals surface area contributed by atoms with Crippen molar-refractivity contribution in [2.75, 3.05) is 38.3 Å². The number of phenolic OH excluding ortho intramolecular Hbond substituents is 1. The van der Waals surface area contributed by atoms with Gasteiger partial charge < -0.3 is 24.4 Å². The first-order valence-corrected chi connectivity index (χ1v) is 14.1. The largest absolute Gasteiger partial charge is 0.508 e. The van der Waals surface area contributed by atoms with Crippen LogP contribution >= 0.6 is 0 Å². The van der Waals surface area contributed by atoms with Gasteiger partial charge in [0.15, 0.2) is 0 Å². The summed E-state index contributed by atoms with van der Waals surface area (Å²) in [7, 11) is 1.74. The number of phenols is 1. The van der Waals surface area contributed by atoms with Gasteiger partial charge in [0.2, 0.25) is 0 Å². The first-order chi connectivity index (χ1) is 18.4. The Bertz CT molecular complexity index is 1170. The molecule has 1 aliphatic carbocycles. The van der Waals surface area contributed by atoms with Crippen molar-refractivity contribution in [2.24, 2.45) is 0 Å². The summed E-state index contributed by atoms with van der Waals surface area (Å²) in [5.41, 5.74) is 6.48. The number of hydrogen-bond acceptors (Lipinski definition) is 5. The van der Waals surface area contributed by atoms with Crippen molar-refractivity contribution in [1.29, 1.82) is 0 Å². The molecular weight excluding hydrogens is 472 g/mol. The zero-order chi connectivity index (χ0) is 27.1. The Morgan fingerprint density at radius 1 is 0.921 bits per heavy atom. The van der Waals surface area contributed by atoms with Gasteiger partial charge in [-0.1, -0.05) is 38.1 Å². The van der Waals surface area contributed by atoms with E-state index in [2.05, 4.69) is 86.0 Å². The molecule has 38 heavy (non-hydrogen) atoms. The highest BCUT2D eigenvalue weighted by molar-refractivity contribution is 5.60. The van der Waals surface area contributed by atoms with Crippen molar-refractivity contribution in [3.8, 4) is 17.2 Å². The first kappa shape index (κ1) is 27.8. The Morgan fingerprint density at radius 2 is 1.66 bits per heavy atom. The number of rotatable bonds is 12. The van der Waals surface area contributed by atoms with Gasteiger partial charge in [-0.05, 0) is 105 Å². The highest BCUT2D eigenvalue weighted by Crippen LogP contribution is 2.40. The quantitative estimate of drug-likeness (QED) is 0.287. The van der Waals surface area contributed by atoms with Crippen molar-refractivity contribution in [3.05, 3.63) is 82.9 Å². The number of nitrogens with zero attached hydrogens (tertiary/aromatic N) is 2. The van der Waals surface area contributed by atoms with Crippen LogP contribution in [0, 0.1) is 0 Å². The molecular formula is C33H44N2O3. The lowest BCUT2D eigenvalue weighted by Crippen LogP contribution is -2.31. The Kier molecular flexibility index (Phi) is 9.57.